The molecule has 2 aromatic heterocycles. The molecule has 1 aliphatic rings. The third-order valence-electron chi connectivity index (χ3n) is 5.54. The molecule has 4 rings (SSSR count). The molecular weight excluding hydrogens is 369 g/mol. The van der Waals surface area contributed by atoms with E-state index in [1.807, 2.05) is 0 Å². The predicted octanol–water partition coefficient (Wildman–Crippen LogP) is 3.66. The first-order valence-corrected chi connectivity index (χ1v) is 9.57. The second kappa shape index (κ2) is 7.54. The van der Waals surface area contributed by atoms with E-state index in [-0.39, 0.29) is 5.82 Å². The van der Waals surface area contributed by atoms with E-state index in [9.17, 15) is 13.2 Å². The number of aromatic amines is 1. The van der Waals surface area contributed by atoms with Crippen LogP contribution in [0.25, 0.3) is 10.9 Å². The number of benzene rings is 1. The van der Waals surface area contributed by atoms with Gasteiger partial charge >= 0.3 is 6.18 Å². The molecule has 1 fully saturated rings. The molecule has 1 aromatic carbocycles. The highest BCUT2D eigenvalue weighted by molar-refractivity contribution is 5.86. The molecule has 0 bridgehead atoms. The Kier molecular flexibility index (Phi) is 5.09. The monoisotopic (exact) mass is 392 g/mol. The van der Waals surface area contributed by atoms with E-state index >= 15 is 0 Å². The van der Waals surface area contributed by atoms with Crippen molar-refractivity contribution in [3.8, 4) is 0 Å². The zero-order valence-corrected chi connectivity index (χ0v) is 15.7. The Balaban J connectivity index is 1.42. The number of H-pyrrole nitrogens is 1. The van der Waals surface area contributed by atoms with Crippen molar-refractivity contribution < 1.29 is 13.2 Å². The molecule has 28 heavy (non-hydrogen) atoms. The van der Waals surface area contributed by atoms with Gasteiger partial charge in [0, 0.05) is 17.1 Å². The van der Waals surface area contributed by atoms with E-state index in [4.69, 9.17) is 0 Å². The van der Waals surface area contributed by atoms with Crippen LogP contribution < -0.4 is 0 Å². The Morgan fingerprint density at radius 2 is 2.00 bits per heavy atom. The average Bonchev–Trinajstić information content (AvgIpc) is 3.28. The first kappa shape index (κ1) is 18.9. The molecule has 0 atom stereocenters. The smallest absolute Gasteiger partial charge is 0.361 e. The first-order chi connectivity index (χ1) is 13.4. The summed E-state index contributed by atoms with van der Waals surface area (Å²) in [5, 5.41) is 12.0. The van der Waals surface area contributed by atoms with Crippen molar-refractivity contribution in [1.29, 1.82) is 0 Å². The van der Waals surface area contributed by atoms with Gasteiger partial charge in [-0.2, -0.15) is 13.2 Å². The Morgan fingerprint density at radius 3 is 2.71 bits per heavy atom. The molecule has 3 aromatic rings. The maximum absolute atomic E-state index is 12.6. The third-order valence-corrected chi connectivity index (χ3v) is 5.54. The maximum atomic E-state index is 12.6. The van der Waals surface area contributed by atoms with Gasteiger partial charge < -0.3 is 4.98 Å². The van der Waals surface area contributed by atoms with Crippen LogP contribution in [0.4, 0.5) is 13.2 Å². The van der Waals surface area contributed by atoms with Crippen molar-refractivity contribution in [2.24, 2.45) is 0 Å². The van der Waals surface area contributed by atoms with Gasteiger partial charge in [0.15, 0.2) is 5.82 Å². The maximum Gasteiger partial charge on any atom is 0.408 e. The molecule has 6 nitrogen and oxygen atoms in total. The minimum absolute atomic E-state index is 0.260. The Morgan fingerprint density at radius 1 is 1.21 bits per heavy atom. The number of fused-ring (bicyclic) bond motifs is 1. The summed E-state index contributed by atoms with van der Waals surface area (Å²) in [6.07, 6.45) is 0.703. The van der Waals surface area contributed by atoms with Gasteiger partial charge in [0.05, 0.1) is 6.54 Å². The summed E-state index contributed by atoms with van der Waals surface area (Å²) in [4.78, 5) is 5.56. The fourth-order valence-electron chi connectivity index (χ4n) is 4.10. The number of hydrogen-bond acceptors (Lipinski definition) is 4. The third kappa shape index (κ3) is 3.89. The summed E-state index contributed by atoms with van der Waals surface area (Å²) in [5.74, 6) is 0.707. The highest BCUT2D eigenvalue weighted by Crippen LogP contribution is 2.34. The lowest BCUT2D eigenvalue weighted by atomic mass is 9.89. The molecule has 1 aliphatic heterocycles. The van der Waals surface area contributed by atoms with Crippen molar-refractivity contribution >= 4 is 10.9 Å². The van der Waals surface area contributed by atoms with E-state index < -0.39 is 12.7 Å². The summed E-state index contributed by atoms with van der Waals surface area (Å²) in [7, 11) is 0. The number of halogens is 3. The summed E-state index contributed by atoms with van der Waals surface area (Å²) in [5.41, 5.74) is 3.87. The van der Waals surface area contributed by atoms with Gasteiger partial charge in [-0.3, -0.25) is 4.90 Å². The van der Waals surface area contributed by atoms with Crippen LogP contribution in [-0.2, 0) is 19.5 Å². The minimum Gasteiger partial charge on any atom is -0.361 e. The second-order valence-electron chi connectivity index (χ2n) is 7.36. The summed E-state index contributed by atoms with van der Waals surface area (Å²) in [6, 6.07) is 6.42. The van der Waals surface area contributed by atoms with Gasteiger partial charge in [-0.05, 0) is 59.8 Å². The molecule has 150 valence electrons. The number of para-hydroxylation sites is 1. The number of likely N-dealkylation sites (tertiary alicyclic amines) is 1. The summed E-state index contributed by atoms with van der Waals surface area (Å²) < 4.78 is 38.7. The SMILES string of the molecule is CCc1cccc2c(C3CCN(Cc4nnnn4CC(F)(F)F)CC3)c[nH]c12. The minimum atomic E-state index is -4.33. The lowest BCUT2D eigenvalue weighted by molar-refractivity contribution is -0.143. The van der Waals surface area contributed by atoms with E-state index in [0.29, 0.717) is 12.5 Å². The standard InChI is InChI=1S/C19H23F3N6/c1-2-13-4-3-5-15-16(10-23-18(13)15)14-6-8-27(9-7-14)11-17-24-25-26-28(17)12-19(20,21)22/h3-5,10,14,23H,2,6-9,11-12H2,1H3. The van der Waals surface area contributed by atoms with Crippen LogP contribution in [0.15, 0.2) is 24.4 Å². The average molecular weight is 392 g/mol. The highest BCUT2D eigenvalue weighted by atomic mass is 19.4. The Labute approximate surface area is 160 Å². The van der Waals surface area contributed by atoms with E-state index in [1.54, 1.807) is 0 Å². The number of rotatable bonds is 5. The first-order valence-electron chi connectivity index (χ1n) is 9.57. The fourth-order valence-corrected chi connectivity index (χ4v) is 4.10. The molecule has 1 saturated heterocycles. The lowest BCUT2D eigenvalue weighted by Crippen LogP contribution is -2.34. The Hall–Kier alpha value is -2.42. The molecule has 0 amide bonds. The number of tetrazole rings is 1. The molecule has 0 unspecified atom stereocenters. The number of nitrogens with one attached hydrogen (secondary N) is 1. The Bertz CT molecular complexity index is 937. The largest absolute Gasteiger partial charge is 0.408 e. The molecule has 9 heteroatoms. The lowest BCUT2D eigenvalue weighted by Gasteiger charge is -2.31. The van der Waals surface area contributed by atoms with E-state index in [1.165, 1.54) is 22.0 Å². The fraction of sp³-hybridized carbons (Fsp3) is 0.526. The van der Waals surface area contributed by atoms with Crippen molar-refractivity contribution in [1.82, 2.24) is 30.1 Å². The van der Waals surface area contributed by atoms with Gasteiger partial charge in [-0.1, -0.05) is 25.1 Å². The normalized spacial score (nSPS) is 16.9. The number of piperidine rings is 1. The zero-order valence-electron chi connectivity index (χ0n) is 15.7. The summed E-state index contributed by atoms with van der Waals surface area (Å²) in [6.45, 7) is 2.96. The number of aromatic nitrogens is 5. The van der Waals surface area contributed by atoms with Crippen molar-refractivity contribution in [3.05, 3.63) is 41.3 Å². The van der Waals surface area contributed by atoms with Crippen LogP contribution in [0.2, 0.25) is 0 Å². The van der Waals surface area contributed by atoms with Gasteiger partial charge in [-0.25, -0.2) is 4.68 Å². The van der Waals surface area contributed by atoms with Crippen LogP contribution in [0.1, 0.15) is 42.6 Å². The highest BCUT2D eigenvalue weighted by Gasteiger charge is 2.31. The quantitative estimate of drug-likeness (QED) is 0.720. The van der Waals surface area contributed by atoms with Gasteiger partial charge in [0.2, 0.25) is 0 Å². The number of aryl methyl sites for hydroxylation is 1. The van der Waals surface area contributed by atoms with E-state index in [0.717, 1.165) is 37.0 Å². The van der Waals surface area contributed by atoms with Crippen LogP contribution in [0.3, 0.4) is 0 Å². The zero-order chi connectivity index (χ0) is 19.7. The van der Waals surface area contributed by atoms with Crippen LogP contribution in [0.5, 0.6) is 0 Å². The van der Waals surface area contributed by atoms with E-state index in [2.05, 4.69) is 56.7 Å². The van der Waals surface area contributed by atoms with Gasteiger partial charge in [0.25, 0.3) is 0 Å². The van der Waals surface area contributed by atoms with Gasteiger partial charge in [0.1, 0.15) is 6.54 Å². The molecule has 0 radical (unpaired) electrons. The van der Waals surface area contributed by atoms with Crippen LogP contribution in [0, 0.1) is 0 Å². The molecular formula is C19H23F3N6. The predicted molar refractivity (Wildman–Crippen MR) is 98.8 cm³/mol. The van der Waals surface area contributed by atoms with Crippen LogP contribution >= 0.6 is 0 Å². The molecule has 0 spiro atoms. The topological polar surface area (TPSA) is 62.6 Å². The summed E-state index contributed by atoms with van der Waals surface area (Å²) >= 11 is 0. The van der Waals surface area contributed by atoms with Crippen molar-refractivity contribution in [2.45, 2.75) is 51.4 Å². The molecule has 1 N–H and O–H groups in total. The van der Waals surface area contributed by atoms with Crippen molar-refractivity contribution in [2.75, 3.05) is 13.1 Å². The molecule has 0 saturated carbocycles. The number of alkyl halides is 3. The number of hydrogen-bond donors (Lipinski definition) is 1. The number of nitrogens with zero attached hydrogens (tertiary/aromatic N) is 5. The van der Waals surface area contributed by atoms with Crippen molar-refractivity contribution in [3.63, 3.8) is 0 Å². The molecule has 0 aliphatic carbocycles. The second-order valence-corrected chi connectivity index (χ2v) is 7.36. The molecule has 3 heterocycles. The van der Waals surface area contributed by atoms with Crippen LogP contribution in [-0.4, -0.2) is 49.4 Å². The van der Waals surface area contributed by atoms with Gasteiger partial charge in [-0.15, -0.1) is 5.10 Å².